The molecule has 0 atom stereocenters. The third-order valence-electron chi connectivity index (χ3n) is 6.85. The van der Waals surface area contributed by atoms with Crippen molar-refractivity contribution in [3.8, 4) is 39.1 Å². The van der Waals surface area contributed by atoms with E-state index < -0.39 is 0 Å². The fourth-order valence-corrected chi connectivity index (χ4v) is 5.76. The van der Waals surface area contributed by atoms with Crippen molar-refractivity contribution in [2.24, 2.45) is 0 Å². The average molecular weight is 463 g/mol. The van der Waals surface area contributed by atoms with Gasteiger partial charge in [0.2, 0.25) is 0 Å². The fourth-order valence-electron chi connectivity index (χ4n) is 5.19. The van der Waals surface area contributed by atoms with E-state index in [9.17, 15) is 0 Å². The van der Waals surface area contributed by atoms with E-state index >= 15 is 0 Å². The van der Waals surface area contributed by atoms with E-state index in [1.165, 1.54) is 39.5 Å². The Kier molecular flexibility index (Phi) is 4.82. The van der Waals surface area contributed by atoms with E-state index in [4.69, 9.17) is 9.11 Å². The smallest absolute Gasteiger partial charge is 0.119 e. The van der Waals surface area contributed by atoms with Crippen molar-refractivity contribution in [1.29, 1.82) is 0 Å². The largest absolute Gasteiger partial charge is 0.491 e. The zero-order chi connectivity index (χ0) is 23.4. The van der Waals surface area contributed by atoms with E-state index in [0.717, 1.165) is 33.5 Å². The van der Waals surface area contributed by atoms with Crippen molar-refractivity contribution >= 4 is 22.8 Å². The monoisotopic (exact) mass is 462 g/mol. The minimum absolute atomic E-state index is 0.0267. The van der Waals surface area contributed by atoms with Gasteiger partial charge >= 0.3 is 0 Å². The van der Waals surface area contributed by atoms with Gasteiger partial charge in [-0.05, 0) is 65.4 Å². The van der Waals surface area contributed by atoms with E-state index in [-0.39, 0.29) is 11.5 Å². The molecule has 0 N–H and O–H groups in total. The lowest BCUT2D eigenvalue weighted by atomic mass is 9.81. The van der Waals surface area contributed by atoms with Gasteiger partial charge in [-0.15, -0.1) is 0 Å². The lowest BCUT2D eigenvalue weighted by Crippen LogP contribution is -2.14. The zero-order valence-corrected chi connectivity index (χ0v) is 20.6. The van der Waals surface area contributed by atoms with Crippen molar-refractivity contribution in [2.75, 3.05) is 0 Å². The van der Waals surface area contributed by atoms with Gasteiger partial charge in [0, 0.05) is 16.5 Å². The highest BCUT2D eigenvalue weighted by Crippen LogP contribution is 2.49. The molecule has 1 aromatic heterocycles. The summed E-state index contributed by atoms with van der Waals surface area (Å²) in [5.74, 6) is 0.879. The molecule has 5 aromatic rings. The van der Waals surface area contributed by atoms with Crippen LogP contribution in [-0.2, 0) is 5.41 Å². The van der Waals surface area contributed by atoms with E-state index in [2.05, 4.69) is 85.0 Å². The summed E-state index contributed by atoms with van der Waals surface area (Å²) in [4.78, 5) is 0. The Morgan fingerprint density at radius 2 is 1.26 bits per heavy atom. The SMILES string of the molecule is CC(C)Oc1ccc(-c2ccc(-c3ccc4c(c3)C(C)(C)c3ccccc3-4)c3nsnc23)cc1. The number of hydrogen-bond acceptors (Lipinski definition) is 4. The number of aromatic nitrogens is 2. The molecule has 0 unspecified atom stereocenters. The molecule has 0 aliphatic heterocycles. The van der Waals surface area contributed by atoms with Gasteiger partial charge in [0.25, 0.3) is 0 Å². The summed E-state index contributed by atoms with van der Waals surface area (Å²) in [6.07, 6.45) is 0.157. The van der Waals surface area contributed by atoms with Crippen LogP contribution in [0.3, 0.4) is 0 Å². The van der Waals surface area contributed by atoms with Crippen LogP contribution >= 0.6 is 11.7 Å². The Balaban J connectivity index is 1.44. The molecule has 0 saturated carbocycles. The summed E-state index contributed by atoms with van der Waals surface area (Å²) in [6, 6.07) is 28.2. The van der Waals surface area contributed by atoms with Gasteiger partial charge in [0.05, 0.1) is 17.8 Å². The quantitative estimate of drug-likeness (QED) is 0.270. The molecule has 0 fully saturated rings. The molecule has 1 aliphatic carbocycles. The van der Waals surface area contributed by atoms with Crippen LogP contribution in [0, 0.1) is 0 Å². The number of nitrogens with zero attached hydrogens (tertiary/aromatic N) is 2. The number of hydrogen-bond donors (Lipinski definition) is 0. The van der Waals surface area contributed by atoms with E-state index in [1.54, 1.807) is 0 Å². The van der Waals surface area contributed by atoms with Gasteiger partial charge < -0.3 is 4.74 Å². The molecule has 0 radical (unpaired) electrons. The van der Waals surface area contributed by atoms with Crippen molar-refractivity contribution in [3.05, 3.63) is 90.0 Å². The van der Waals surface area contributed by atoms with Gasteiger partial charge in [-0.1, -0.05) is 74.5 Å². The first-order chi connectivity index (χ1) is 16.4. The van der Waals surface area contributed by atoms with Crippen LogP contribution in [0.15, 0.2) is 78.9 Å². The Hall–Kier alpha value is -3.50. The molecule has 0 bridgehead atoms. The average Bonchev–Trinajstić information content (AvgIpc) is 3.41. The number of ether oxygens (including phenoxy) is 1. The van der Waals surface area contributed by atoms with Gasteiger partial charge in [-0.2, -0.15) is 8.75 Å². The summed E-state index contributed by atoms with van der Waals surface area (Å²) in [6.45, 7) is 8.71. The molecule has 4 aromatic carbocycles. The first kappa shape index (κ1) is 21.1. The molecule has 3 nitrogen and oxygen atoms in total. The topological polar surface area (TPSA) is 35.0 Å². The lowest BCUT2D eigenvalue weighted by molar-refractivity contribution is 0.242. The maximum atomic E-state index is 5.81. The van der Waals surface area contributed by atoms with Crippen LogP contribution in [0.4, 0.5) is 0 Å². The molecule has 1 heterocycles. The Morgan fingerprint density at radius 3 is 1.97 bits per heavy atom. The highest BCUT2D eigenvalue weighted by Gasteiger charge is 2.35. The minimum Gasteiger partial charge on any atom is -0.491 e. The molecule has 4 heteroatoms. The Labute approximate surface area is 204 Å². The van der Waals surface area contributed by atoms with Crippen LogP contribution in [0.5, 0.6) is 5.75 Å². The Morgan fingerprint density at radius 1 is 0.676 bits per heavy atom. The van der Waals surface area contributed by atoms with Crippen LogP contribution in [0.1, 0.15) is 38.8 Å². The second-order valence-corrected chi connectivity index (χ2v) is 10.3. The van der Waals surface area contributed by atoms with Crippen molar-refractivity contribution < 1.29 is 4.74 Å². The van der Waals surface area contributed by atoms with E-state index in [1.807, 2.05) is 26.0 Å². The molecule has 34 heavy (non-hydrogen) atoms. The predicted molar refractivity (Wildman–Crippen MR) is 142 cm³/mol. The summed E-state index contributed by atoms with van der Waals surface area (Å²) < 4.78 is 15.2. The predicted octanol–water partition coefficient (Wildman–Crippen LogP) is 8.12. The first-order valence-electron chi connectivity index (χ1n) is 11.7. The summed E-state index contributed by atoms with van der Waals surface area (Å²) in [5.41, 5.74) is 11.8. The molecular formula is C30H26N2OS. The summed E-state index contributed by atoms with van der Waals surface area (Å²) in [7, 11) is 0. The van der Waals surface area contributed by atoms with Crippen LogP contribution in [-0.4, -0.2) is 14.9 Å². The Bertz CT molecular complexity index is 1530. The number of fused-ring (bicyclic) bond motifs is 4. The lowest BCUT2D eigenvalue weighted by Gasteiger charge is -2.22. The first-order valence-corrected chi connectivity index (χ1v) is 12.4. The maximum Gasteiger partial charge on any atom is 0.119 e. The second kappa shape index (κ2) is 7.78. The van der Waals surface area contributed by atoms with E-state index in [0.29, 0.717) is 0 Å². The van der Waals surface area contributed by atoms with Gasteiger partial charge in [0.1, 0.15) is 16.8 Å². The zero-order valence-electron chi connectivity index (χ0n) is 19.8. The normalized spacial score (nSPS) is 13.8. The number of benzene rings is 4. The van der Waals surface area contributed by atoms with Crippen molar-refractivity contribution in [1.82, 2.24) is 8.75 Å². The molecule has 1 aliphatic rings. The molecule has 0 saturated heterocycles. The fraction of sp³-hybridized carbons (Fsp3) is 0.200. The van der Waals surface area contributed by atoms with Crippen LogP contribution in [0.25, 0.3) is 44.4 Å². The van der Waals surface area contributed by atoms with Gasteiger partial charge in [0.15, 0.2) is 0 Å². The van der Waals surface area contributed by atoms with Gasteiger partial charge in [-0.3, -0.25) is 0 Å². The molecule has 0 amide bonds. The maximum absolute atomic E-state index is 5.81. The third-order valence-corrected chi connectivity index (χ3v) is 7.38. The highest BCUT2D eigenvalue weighted by atomic mass is 32.1. The minimum atomic E-state index is -0.0267. The molecule has 6 rings (SSSR count). The van der Waals surface area contributed by atoms with Crippen LogP contribution < -0.4 is 4.74 Å². The van der Waals surface area contributed by atoms with Gasteiger partial charge in [-0.25, -0.2) is 0 Å². The van der Waals surface area contributed by atoms with Crippen molar-refractivity contribution in [2.45, 2.75) is 39.2 Å². The highest BCUT2D eigenvalue weighted by molar-refractivity contribution is 7.00. The summed E-state index contributed by atoms with van der Waals surface area (Å²) in [5, 5.41) is 0. The van der Waals surface area contributed by atoms with Crippen LogP contribution in [0.2, 0.25) is 0 Å². The molecule has 0 spiro atoms. The second-order valence-electron chi connectivity index (χ2n) is 9.74. The molecule has 168 valence electrons. The number of rotatable bonds is 4. The summed E-state index contributed by atoms with van der Waals surface area (Å²) >= 11 is 1.27. The third kappa shape index (κ3) is 3.24. The molecular weight excluding hydrogens is 436 g/mol. The van der Waals surface area contributed by atoms with Crippen molar-refractivity contribution in [3.63, 3.8) is 0 Å². The standard InChI is InChI=1S/C30H26N2OS/c1-18(2)33-21-12-9-19(10-13-21)22-15-16-23(29-28(22)31-34-32-29)20-11-14-25-24-7-5-6-8-26(24)30(3,4)27(25)17-20/h5-18H,1-4H3.